The molecular formula is C8H12N5O+. The topological polar surface area (TPSA) is 91.4 Å². The van der Waals surface area contributed by atoms with Crippen molar-refractivity contribution in [1.29, 1.82) is 0 Å². The Kier molecular flexibility index (Phi) is 1.95. The van der Waals surface area contributed by atoms with Crippen LogP contribution in [0.15, 0.2) is 11.1 Å². The first-order valence-electron chi connectivity index (χ1n) is 4.48. The van der Waals surface area contributed by atoms with Crippen molar-refractivity contribution in [1.82, 2.24) is 15.0 Å². The first-order valence-corrected chi connectivity index (χ1v) is 4.48. The third-order valence-electron chi connectivity index (χ3n) is 2.02. The highest BCUT2D eigenvalue weighted by Crippen LogP contribution is 1.98. The number of aromatic amines is 2. The fraction of sp³-hybridized carbons (Fsp3) is 0.375. The zero-order valence-electron chi connectivity index (χ0n) is 7.87. The van der Waals surface area contributed by atoms with Gasteiger partial charge in [-0.2, -0.15) is 4.98 Å². The predicted octanol–water partition coefficient (Wildman–Crippen LogP) is -0.469. The number of nitrogens with two attached hydrogens (primary N) is 1. The number of nitrogen functional groups attached to an aromatic ring is 1. The molecule has 74 valence electrons. The summed E-state index contributed by atoms with van der Waals surface area (Å²) in [5.41, 5.74) is 6.28. The number of nitrogens with one attached hydrogen (secondary N) is 2. The van der Waals surface area contributed by atoms with Gasteiger partial charge in [-0.25, -0.2) is 9.55 Å². The lowest BCUT2D eigenvalue weighted by Gasteiger charge is -1.92. The fourth-order valence-corrected chi connectivity index (χ4v) is 1.47. The van der Waals surface area contributed by atoms with Crippen LogP contribution < -0.4 is 15.9 Å². The van der Waals surface area contributed by atoms with E-state index >= 15 is 0 Å². The van der Waals surface area contributed by atoms with Crippen molar-refractivity contribution in [3.05, 3.63) is 16.7 Å². The van der Waals surface area contributed by atoms with Crippen molar-refractivity contribution in [2.75, 3.05) is 5.73 Å². The third-order valence-corrected chi connectivity index (χ3v) is 2.02. The molecule has 6 heteroatoms. The van der Waals surface area contributed by atoms with Crippen LogP contribution in [0.25, 0.3) is 11.2 Å². The van der Waals surface area contributed by atoms with E-state index < -0.39 is 0 Å². The summed E-state index contributed by atoms with van der Waals surface area (Å²) in [4.78, 5) is 20.9. The van der Waals surface area contributed by atoms with Crippen molar-refractivity contribution >= 4 is 17.1 Å². The Labute approximate surface area is 79.8 Å². The maximum absolute atomic E-state index is 11.5. The van der Waals surface area contributed by atoms with Gasteiger partial charge in [0.1, 0.15) is 0 Å². The molecule has 2 aromatic rings. The van der Waals surface area contributed by atoms with Gasteiger partial charge in [-0.3, -0.25) is 9.78 Å². The molecule has 0 bridgehead atoms. The molecule has 6 nitrogen and oxygen atoms in total. The molecule has 0 atom stereocenters. The minimum atomic E-state index is -0.206. The van der Waals surface area contributed by atoms with Gasteiger partial charge in [0.25, 0.3) is 11.2 Å². The minimum Gasteiger partial charge on any atom is -0.369 e. The first kappa shape index (κ1) is 8.74. The number of fused-ring (bicyclic) bond motifs is 1. The zero-order chi connectivity index (χ0) is 10.1. The molecule has 0 fully saturated rings. The van der Waals surface area contributed by atoms with E-state index in [-0.39, 0.29) is 11.5 Å². The highest BCUT2D eigenvalue weighted by atomic mass is 16.1. The summed E-state index contributed by atoms with van der Waals surface area (Å²) in [6.45, 7) is 2.83. The molecule has 0 spiro atoms. The zero-order valence-corrected chi connectivity index (χ0v) is 7.87. The van der Waals surface area contributed by atoms with Crippen molar-refractivity contribution in [2.45, 2.75) is 19.9 Å². The highest BCUT2D eigenvalue weighted by molar-refractivity contribution is 5.65. The molecule has 0 saturated heterocycles. The van der Waals surface area contributed by atoms with Gasteiger partial charge < -0.3 is 5.73 Å². The lowest BCUT2D eigenvalue weighted by molar-refractivity contribution is -0.671. The van der Waals surface area contributed by atoms with Gasteiger partial charge >= 0.3 is 5.56 Å². The molecule has 0 aliphatic carbocycles. The molecule has 2 heterocycles. The van der Waals surface area contributed by atoms with Gasteiger partial charge in [-0.05, 0) is 6.42 Å². The number of aryl methyl sites for hydroxylation is 1. The minimum absolute atomic E-state index is 0.132. The Bertz CT molecular complexity index is 512. The standard InChI is InChI=1S/C8H11N5O/c1-2-3-13-4-10-6-5(13)7(14)12-8(9)11-6/h4H,2-3H2,1H3,(H3,9,11,12,14)/p+1. The first-order chi connectivity index (χ1) is 6.72. The van der Waals surface area contributed by atoms with Crippen molar-refractivity contribution in [2.24, 2.45) is 0 Å². The normalized spacial score (nSPS) is 10.9. The van der Waals surface area contributed by atoms with Crippen LogP contribution in [0.3, 0.4) is 0 Å². The SMILES string of the molecule is CCC[n+]1c[nH]c2nc(N)[nH]c(=O)c21. The molecule has 4 N–H and O–H groups in total. The van der Waals surface area contributed by atoms with E-state index in [4.69, 9.17) is 5.73 Å². The van der Waals surface area contributed by atoms with E-state index in [1.54, 1.807) is 6.33 Å². The lowest BCUT2D eigenvalue weighted by atomic mass is 10.4. The number of imidazole rings is 1. The summed E-state index contributed by atoms with van der Waals surface area (Å²) in [6.07, 6.45) is 2.69. The van der Waals surface area contributed by atoms with Gasteiger partial charge in [0, 0.05) is 0 Å². The second-order valence-electron chi connectivity index (χ2n) is 3.12. The maximum Gasteiger partial charge on any atom is 0.304 e. The van der Waals surface area contributed by atoms with E-state index in [0.717, 1.165) is 13.0 Å². The van der Waals surface area contributed by atoms with Crippen LogP contribution in [0, 0.1) is 0 Å². The number of hydrogen-bond donors (Lipinski definition) is 3. The van der Waals surface area contributed by atoms with Crippen LogP contribution in [-0.2, 0) is 6.54 Å². The predicted molar refractivity (Wildman–Crippen MR) is 51.6 cm³/mol. The number of H-pyrrole nitrogens is 2. The summed E-state index contributed by atoms with van der Waals surface area (Å²) >= 11 is 0. The largest absolute Gasteiger partial charge is 0.369 e. The van der Waals surface area contributed by atoms with Crippen LogP contribution in [-0.4, -0.2) is 15.0 Å². The Morgan fingerprint density at radius 1 is 1.64 bits per heavy atom. The van der Waals surface area contributed by atoms with Gasteiger partial charge in [-0.15, -0.1) is 0 Å². The molecule has 0 aliphatic heterocycles. The molecule has 0 amide bonds. The molecule has 0 unspecified atom stereocenters. The summed E-state index contributed by atoms with van der Waals surface area (Å²) in [5, 5.41) is 0. The Morgan fingerprint density at radius 3 is 3.14 bits per heavy atom. The van der Waals surface area contributed by atoms with Crippen LogP contribution in [0.2, 0.25) is 0 Å². The molecule has 0 aromatic carbocycles. The number of nitrogens with zero attached hydrogens (tertiary/aromatic N) is 2. The van der Waals surface area contributed by atoms with E-state index in [9.17, 15) is 4.79 Å². The Hall–Kier alpha value is -1.85. The van der Waals surface area contributed by atoms with E-state index in [0.29, 0.717) is 11.2 Å². The van der Waals surface area contributed by atoms with Crippen LogP contribution in [0.4, 0.5) is 5.95 Å². The molecule has 14 heavy (non-hydrogen) atoms. The van der Waals surface area contributed by atoms with Crippen LogP contribution in [0.5, 0.6) is 0 Å². The van der Waals surface area contributed by atoms with E-state index in [1.807, 2.05) is 11.5 Å². The summed E-state index contributed by atoms with van der Waals surface area (Å²) in [6, 6.07) is 0. The molecule has 2 rings (SSSR count). The number of rotatable bonds is 2. The van der Waals surface area contributed by atoms with Crippen molar-refractivity contribution < 1.29 is 4.57 Å². The second kappa shape index (κ2) is 3.13. The van der Waals surface area contributed by atoms with Crippen LogP contribution >= 0.6 is 0 Å². The average Bonchev–Trinajstić information content (AvgIpc) is 2.49. The summed E-state index contributed by atoms with van der Waals surface area (Å²) in [5.74, 6) is 0.132. The number of aromatic nitrogens is 4. The third kappa shape index (κ3) is 1.24. The maximum atomic E-state index is 11.5. The number of anilines is 1. The van der Waals surface area contributed by atoms with E-state index in [1.165, 1.54) is 0 Å². The van der Waals surface area contributed by atoms with Gasteiger partial charge in [0.2, 0.25) is 12.3 Å². The molecule has 0 aliphatic rings. The molecule has 2 aromatic heterocycles. The van der Waals surface area contributed by atoms with Gasteiger partial charge in [0.05, 0.1) is 6.54 Å². The molecular weight excluding hydrogens is 182 g/mol. The van der Waals surface area contributed by atoms with E-state index in [2.05, 4.69) is 15.0 Å². The lowest BCUT2D eigenvalue weighted by Crippen LogP contribution is -2.36. The summed E-state index contributed by atoms with van der Waals surface area (Å²) < 4.78 is 1.83. The average molecular weight is 194 g/mol. The summed E-state index contributed by atoms with van der Waals surface area (Å²) in [7, 11) is 0. The van der Waals surface area contributed by atoms with Crippen molar-refractivity contribution in [3.8, 4) is 0 Å². The van der Waals surface area contributed by atoms with Crippen molar-refractivity contribution in [3.63, 3.8) is 0 Å². The monoisotopic (exact) mass is 194 g/mol. The fourth-order valence-electron chi connectivity index (χ4n) is 1.47. The van der Waals surface area contributed by atoms with Crippen LogP contribution in [0.1, 0.15) is 13.3 Å². The Balaban J connectivity index is 2.73. The molecule has 0 radical (unpaired) electrons. The smallest absolute Gasteiger partial charge is 0.304 e. The van der Waals surface area contributed by atoms with Gasteiger partial charge in [-0.1, -0.05) is 6.92 Å². The Morgan fingerprint density at radius 2 is 2.43 bits per heavy atom. The number of hydrogen-bond acceptors (Lipinski definition) is 3. The quantitative estimate of drug-likeness (QED) is 0.564. The van der Waals surface area contributed by atoms with Gasteiger partial charge in [0.15, 0.2) is 0 Å². The second-order valence-corrected chi connectivity index (χ2v) is 3.12. The highest BCUT2D eigenvalue weighted by Gasteiger charge is 2.14. The molecule has 0 saturated carbocycles.